The molecule has 8 nitrogen and oxygen atoms in total. The van der Waals surface area contributed by atoms with Crippen LogP contribution in [0.3, 0.4) is 0 Å². The van der Waals surface area contributed by atoms with E-state index in [0.29, 0.717) is 41.9 Å². The van der Waals surface area contributed by atoms with E-state index in [1.165, 1.54) is 0 Å². The highest BCUT2D eigenvalue weighted by Gasteiger charge is 2.64. The minimum atomic E-state index is -4.23. The average Bonchev–Trinajstić information content (AvgIpc) is 3.53. The molecule has 2 N–H and O–H groups in total. The van der Waals surface area contributed by atoms with Crippen LogP contribution in [-0.2, 0) is 17.6 Å². The molecule has 2 saturated heterocycles. The van der Waals surface area contributed by atoms with Gasteiger partial charge in [0.1, 0.15) is 11.9 Å². The second-order valence-electron chi connectivity index (χ2n) is 9.59. The molecule has 0 spiro atoms. The summed E-state index contributed by atoms with van der Waals surface area (Å²) >= 11 is 0. The zero-order valence-corrected chi connectivity index (χ0v) is 19.0. The number of fused-ring (bicyclic) bond motifs is 1. The molecule has 1 unspecified atom stereocenters. The molecule has 3 aliphatic rings. The number of halogens is 4. The van der Waals surface area contributed by atoms with Gasteiger partial charge in [-0.25, -0.2) is 4.98 Å². The Hall–Kier alpha value is -2.92. The number of likely N-dealkylation sites (tertiary alicyclic amines) is 1. The Morgan fingerprint density at radius 2 is 1.88 bits per heavy atom. The summed E-state index contributed by atoms with van der Waals surface area (Å²) in [6.07, 6.45) is 3.46. The molecular formula is C22H27F4N7O. The SMILES string of the molecule is CC(C)c1cc(Nc2nc(N3CCCC3C(=O)N3CC(F)(F)C(F)(F)C3)nc3c2CCC3)n[nH]1. The van der Waals surface area contributed by atoms with Crippen molar-refractivity contribution in [3.8, 4) is 0 Å². The fourth-order valence-corrected chi connectivity index (χ4v) is 4.87. The minimum absolute atomic E-state index is 0.274. The summed E-state index contributed by atoms with van der Waals surface area (Å²) in [6.45, 7) is 1.98. The molecule has 0 radical (unpaired) electrons. The number of nitrogens with zero attached hydrogens (tertiary/aromatic N) is 5. The van der Waals surface area contributed by atoms with Gasteiger partial charge in [-0.05, 0) is 38.0 Å². The Labute approximate surface area is 194 Å². The predicted octanol–water partition coefficient (Wildman–Crippen LogP) is 3.64. The van der Waals surface area contributed by atoms with Crippen molar-refractivity contribution < 1.29 is 22.4 Å². The van der Waals surface area contributed by atoms with E-state index in [4.69, 9.17) is 0 Å². The van der Waals surface area contributed by atoms with Crippen molar-refractivity contribution in [3.63, 3.8) is 0 Å². The van der Waals surface area contributed by atoms with Crippen LogP contribution < -0.4 is 10.2 Å². The molecule has 184 valence electrons. The molecule has 1 atom stereocenters. The lowest BCUT2D eigenvalue weighted by molar-refractivity contribution is -0.172. The number of carbonyl (C=O) groups is 1. The number of aromatic amines is 1. The van der Waals surface area contributed by atoms with E-state index in [1.807, 2.05) is 6.07 Å². The van der Waals surface area contributed by atoms with Crippen molar-refractivity contribution in [3.05, 3.63) is 23.0 Å². The quantitative estimate of drug-likeness (QED) is 0.634. The first-order chi connectivity index (χ1) is 16.1. The molecule has 34 heavy (non-hydrogen) atoms. The molecule has 2 aromatic rings. The normalized spacial score (nSPS) is 23.1. The third-order valence-corrected chi connectivity index (χ3v) is 6.81. The fourth-order valence-electron chi connectivity index (χ4n) is 4.87. The number of amides is 1. The number of aryl methyl sites for hydroxylation is 1. The van der Waals surface area contributed by atoms with E-state index in [0.717, 1.165) is 36.2 Å². The molecule has 1 amide bonds. The number of nitrogens with one attached hydrogen (secondary N) is 2. The summed E-state index contributed by atoms with van der Waals surface area (Å²) in [5.41, 5.74) is 2.82. The van der Waals surface area contributed by atoms with Crippen LogP contribution in [0.5, 0.6) is 0 Å². The summed E-state index contributed by atoms with van der Waals surface area (Å²) in [6, 6.07) is 1.05. The van der Waals surface area contributed by atoms with Crippen molar-refractivity contribution in [1.29, 1.82) is 0 Å². The van der Waals surface area contributed by atoms with E-state index < -0.39 is 36.9 Å². The zero-order valence-electron chi connectivity index (χ0n) is 19.0. The van der Waals surface area contributed by atoms with Crippen molar-refractivity contribution in [2.24, 2.45) is 0 Å². The number of rotatable bonds is 5. The van der Waals surface area contributed by atoms with Gasteiger partial charge >= 0.3 is 11.8 Å². The van der Waals surface area contributed by atoms with Crippen LogP contribution in [0.4, 0.5) is 35.1 Å². The Balaban J connectivity index is 1.41. The van der Waals surface area contributed by atoms with Crippen LogP contribution >= 0.6 is 0 Å². The lowest BCUT2D eigenvalue weighted by atomic mass is 10.1. The van der Waals surface area contributed by atoms with Gasteiger partial charge in [-0.1, -0.05) is 13.8 Å². The summed E-state index contributed by atoms with van der Waals surface area (Å²) in [4.78, 5) is 24.6. The number of alkyl halides is 4. The number of anilines is 3. The largest absolute Gasteiger partial charge is 0.329 e. The second kappa shape index (κ2) is 8.09. The smallest absolute Gasteiger partial charge is 0.329 e. The van der Waals surface area contributed by atoms with Crippen molar-refractivity contribution in [1.82, 2.24) is 25.1 Å². The highest BCUT2D eigenvalue weighted by molar-refractivity contribution is 5.86. The Bertz CT molecular complexity index is 1090. The molecule has 1 aliphatic carbocycles. The van der Waals surface area contributed by atoms with Gasteiger partial charge in [-0.3, -0.25) is 9.89 Å². The molecule has 0 bridgehead atoms. The van der Waals surface area contributed by atoms with E-state index in [1.54, 1.807) is 4.90 Å². The lowest BCUT2D eigenvalue weighted by Crippen LogP contribution is -2.46. The highest BCUT2D eigenvalue weighted by atomic mass is 19.3. The van der Waals surface area contributed by atoms with Crippen LogP contribution in [0.15, 0.2) is 6.07 Å². The summed E-state index contributed by atoms with van der Waals surface area (Å²) < 4.78 is 54.8. The van der Waals surface area contributed by atoms with Crippen molar-refractivity contribution in [2.45, 2.75) is 69.8 Å². The van der Waals surface area contributed by atoms with Crippen LogP contribution in [0, 0.1) is 0 Å². The van der Waals surface area contributed by atoms with Crippen molar-refractivity contribution in [2.75, 3.05) is 29.9 Å². The van der Waals surface area contributed by atoms with E-state index in [9.17, 15) is 22.4 Å². The maximum Gasteiger partial charge on any atom is 0.329 e. The number of hydrogen-bond donors (Lipinski definition) is 2. The van der Waals surface area contributed by atoms with Gasteiger partial charge in [0.15, 0.2) is 5.82 Å². The number of aromatic nitrogens is 4. The molecule has 4 heterocycles. The van der Waals surface area contributed by atoms with E-state index in [-0.39, 0.29) is 5.92 Å². The van der Waals surface area contributed by atoms with Gasteiger partial charge in [-0.2, -0.15) is 27.6 Å². The Morgan fingerprint density at radius 3 is 2.56 bits per heavy atom. The van der Waals surface area contributed by atoms with Crippen LogP contribution in [-0.4, -0.2) is 68.5 Å². The topological polar surface area (TPSA) is 90.0 Å². The second-order valence-corrected chi connectivity index (χ2v) is 9.59. The maximum atomic E-state index is 13.7. The van der Waals surface area contributed by atoms with E-state index in [2.05, 4.69) is 39.3 Å². The highest BCUT2D eigenvalue weighted by Crippen LogP contribution is 2.42. The molecule has 12 heteroatoms. The lowest BCUT2D eigenvalue weighted by Gasteiger charge is -2.28. The minimum Gasteiger partial charge on any atom is -0.329 e. The Kier molecular flexibility index (Phi) is 5.44. The monoisotopic (exact) mass is 481 g/mol. The van der Waals surface area contributed by atoms with Gasteiger partial charge in [-0.15, -0.1) is 0 Å². The summed E-state index contributed by atoms with van der Waals surface area (Å²) in [5.74, 6) is -7.42. The van der Waals surface area contributed by atoms with Crippen LogP contribution in [0.2, 0.25) is 0 Å². The average molecular weight is 481 g/mol. The molecule has 2 fully saturated rings. The van der Waals surface area contributed by atoms with Crippen LogP contribution in [0.1, 0.15) is 56.0 Å². The third kappa shape index (κ3) is 3.86. The molecular weight excluding hydrogens is 454 g/mol. The molecule has 2 aromatic heterocycles. The summed E-state index contributed by atoms with van der Waals surface area (Å²) in [7, 11) is 0. The van der Waals surface area contributed by atoms with Gasteiger partial charge in [0.2, 0.25) is 11.9 Å². The van der Waals surface area contributed by atoms with Gasteiger partial charge in [0.25, 0.3) is 0 Å². The number of H-pyrrole nitrogens is 1. The first-order valence-corrected chi connectivity index (χ1v) is 11.6. The zero-order chi connectivity index (χ0) is 24.3. The number of hydrogen-bond acceptors (Lipinski definition) is 6. The molecule has 2 aliphatic heterocycles. The molecule has 0 saturated carbocycles. The maximum absolute atomic E-state index is 13.7. The first kappa shape index (κ1) is 22.9. The third-order valence-electron chi connectivity index (χ3n) is 6.81. The van der Waals surface area contributed by atoms with Crippen LogP contribution in [0.25, 0.3) is 0 Å². The standard InChI is InChI=1S/C22H27F4N7O/c1-12(2)15-9-17(31-30-15)28-18-13-5-3-6-14(13)27-20(29-18)33-8-4-7-16(33)19(34)32-10-21(23,24)22(25,26)11-32/h9,12,16H,3-8,10-11H2,1-2H3,(H2,27,28,29,30,31). The Morgan fingerprint density at radius 1 is 1.15 bits per heavy atom. The van der Waals surface area contributed by atoms with E-state index >= 15 is 0 Å². The first-order valence-electron chi connectivity index (χ1n) is 11.6. The van der Waals surface area contributed by atoms with Gasteiger partial charge in [0, 0.05) is 23.9 Å². The van der Waals surface area contributed by atoms with Gasteiger partial charge in [0.05, 0.1) is 18.8 Å². The molecule has 0 aromatic carbocycles. The fraction of sp³-hybridized carbons (Fsp3) is 0.636. The van der Waals surface area contributed by atoms with Crippen molar-refractivity contribution >= 4 is 23.5 Å². The molecule has 5 rings (SSSR count). The number of carbonyl (C=O) groups excluding carboxylic acids is 1. The summed E-state index contributed by atoms with van der Waals surface area (Å²) in [5, 5.41) is 10.5. The predicted molar refractivity (Wildman–Crippen MR) is 117 cm³/mol. The van der Waals surface area contributed by atoms with Gasteiger partial charge < -0.3 is 15.1 Å².